The van der Waals surface area contributed by atoms with E-state index in [1.165, 1.54) is 23.2 Å². The maximum absolute atomic E-state index is 4.73. The van der Waals surface area contributed by atoms with E-state index >= 15 is 0 Å². The molecule has 112 valence electrons. The molecule has 21 heavy (non-hydrogen) atoms. The fourth-order valence-corrected chi connectivity index (χ4v) is 2.60. The summed E-state index contributed by atoms with van der Waals surface area (Å²) in [5.41, 5.74) is 5.05. The molecule has 0 N–H and O–H groups in total. The monoisotopic (exact) mass is 282 g/mol. The van der Waals surface area contributed by atoms with Crippen molar-refractivity contribution in [2.24, 2.45) is 4.99 Å². The molecule has 1 aromatic rings. The van der Waals surface area contributed by atoms with Crippen molar-refractivity contribution in [3.63, 3.8) is 0 Å². The zero-order valence-electron chi connectivity index (χ0n) is 13.6. The molecule has 0 bridgehead atoms. The first-order valence-corrected chi connectivity index (χ1v) is 7.81. The molecule has 2 rings (SSSR count). The molecule has 2 nitrogen and oxygen atoms in total. The van der Waals surface area contributed by atoms with Crippen molar-refractivity contribution in [3.05, 3.63) is 59.3 Å². The number of aliphatic imine (C=N–C) groups is 1. The van der Waals surface area contributed by atoms with E-state index in [-0.39, 0.29) is 0 Å². The lowest BCUT2D eigenvalue weighted by atomic mass is 9.93. The molecule has 0 aliphatic heterocycles. The molecular weight excluding hydrogens is 256 g/mol. The second-order valence-electron chi connectivity index (χ2n) is 5.78. The van der Waals surface area contributed by atoms with Crippen LogP contribution in [-0.2, 0) is 0 Å². The molecule has 1 atom stereocenters. The number of hydrogen-bond acceptors (Lipinski definition) is 2. The second kappa shape index (κ2) is 7.26. The van der Waals surface area contributed by atoms with Crippen LogP contribution in [-0.4, -0.2) is 31.3 Å². The molecule has 0 spiro atoms. The third kappa shape index (κ3) is 3.84. The van der Waals surface area contributed by atoms with Gasteiger partial charge in [-0.1, -0.05) is 43.7 Å². The van der Waals surface area contributed by atoms with Crippen LogP contribution < -0.4 is 0 Å². The van der Waals surface area contributed by atoms with E-state index in [1.807, 2.05) is 0 Å². The van der Waals surface area contributed by atoms with Crippen LogP contribution in [0.5, 0.6) is 0 Å². The Kier molecular flexibility index (Phi) is 5.38. The summed E-state index contributed by atoms with van der Waals surface area (Å²) in [5, 5.41) is 0. The van der Waals surface area contributed by atoms with Gasteiger partial charge in [-0.15, -0.1) is 0 Å². The highest BCUT2D eigenvalue weighted by Gasteiger charge is 2.16. The molecular formula is C19H26N2. The van der Waals surface area contributed by atoms with Gasteiger partial charge in [-0.3, -0.25) is 4.99 Å². The van der Waals surface area contributed by atoms with E-state index in [9.17, 15) is 0 Å². The summed E-state index contributed by atoms with van der Waals surface area (Å²) in [4.78, 5) is 6.89. The highest BCUT2D eigenvalue weighted by atomic mass is 15.1. The van der Waals surface area contributed by atoms with Gasteiger partial charge < -0.3 is 4.90 Å². The summed E-state index contributed by atoms with van der Waals surface area (Å²) < 4.78 is 0. The third-order valence-corrected chi connectivity index (χ3v) is 3.91. The van der Waals surface area contributed by atoms with Crippen LogP contribution in [0, 0.1) is 0 Å². The van der Waals surface area contributed by atoms with E-state index < -0.39 is 0 Å². The average molecular weight is 282 g/mol. The fraction of sp³-hybridized carbons (Fsp3) is 0.421. The maximum Gasteiger partial charge on any atom is 0.0392 e. The van der Waals surface area contributed by atoms with E-state index in [2.05, 4.69) is 75.3 Å². The number of unbranched alkanes of at least 4 members (excludes halogenated alkanes) is 1. The minimum atomic E-state index is 0.356. The van der Waals surface area contributed by atoms with Crippen LogP contribution in [0.15, 0.2) is 53.2 Å². The Morgan fingerprint density at radius 2 is 2.00 bits per heavy atom. The Labute approximate surface area is 128 Å². The predicted molar refractivity (Wildman–Crippen MR) is 92.1 cm³/mol. The Morgan fingerprint density at radius 3 is 2.67 bits per heavy atom. The number of likely N-dealkylation sites (N-methyl/N-ethyl adjacent to an activating group) is 1. The number of rotatable bonds is 6. The molecule has 0 saturated carbocycles. The summed E-state index contributed by atoms with van der Waals surface area (Å²) >= 11 is 0. The van der Waals surface area contributed by atoms with Crippen LogP contribution in [0.3, 0.4) is 0 Å². The first-order valence-electron chi connectivity index (χ1n) is 7.81. The van der Waals surface area contributed by atoms with Gasteiger partial charge in [0.15, 0.2) is 0 Å². The summed E-state index contributed by atoms with van der Waals surface area (Å²) in [5.74, 6) is 0.356. The molecule has 0 heterocycles. The van der Waals surface area contributed by atoms with Crippen molar-refractivity contribution in [2.75, 3.05) is 20.6 Å². The van der Waals surface area contributed by atoms with Gasteiger partial charge in [0, 0.05) is 38.0 Å². The summed E-state index contributed by atoms with van der Waals surface area (Å²) in [7, 11) is 4.17. The number of hydrogen-bond donors (Lipinski definition) is 0. The standard InChI is InChI=1S/C19H26N2/c1-5-6-13-20-15(2)18-9-7-8-10-19(18)16-11-12-17(14-16)21(3)4/h7-12,14,16H,5-6,13H2,1-4H3. The van der Waals surface area contributed by atoms with Gasteiger partial charge >= 0.3 is 0 Å². The van der Waals surface area contributed by atoms with Crippen molar-refractivity contribution >= 4 is 5.71 Å². The Bertz CT molecular complexity index is 565. The van der Waals surface area contributed by atoms with E-state index in [1.54, 1.807) is 0 Å². The summed E-state index contributed by atoms with van der Waals surface area (Å²) in [6.07, 6.45) is 9.14. The molecule has 1 aliphatic carbocycles. The van der Waals surface area contributed by atoms with Gasteiger partial charge in [-0.25, -0.2) is 0 Å². The fourth-order valence-electron chi connectivity index (χ4n) is 2.60. The van der Waals surface area contributed by atoms with Crippen molar-refractivity contribution in [2.45, 2.75) is 32.6 Å². The van der Waals surface area contributed by atoms with Gasteiger partial charge in [0.1, 0.15) is 0 Å². The largest absolute Gasteiger partial charge is 0.378 e. The molecule has 1 unspecified atom stereocenters. The van der Waals surface area contributed by atoms with E-state index in [0.29, 0.717) is 5.92 Å². The summed E-state index contributed by atoms with van der Waals surface area (Å²) in [6, 6.07) is 8.63. The van der Waals surface area contributed by atoms with Gasteiger partial charge in [-0.05, 0) is 36.6 Å². The van der Waals surface area contributed by atoms with Crippen molar-refractivity contribution in [1.29, 1.82) is 0 Å². The normalized spacial score (nSPS) is 18.0. The third-order valence-electron chi connectivity index (χ3n) is 3.91. The molecule has 0 radical (unpaired) electrons. The van der Waals surface area contributed by atoms with Crippen LogP contribution in [0.25, 0.3) is 0 Å². The topological polar surface area (TPSA) is 15.6 Å². The van der Waals surface area contributed by atoms with Crippen molar-refractivity contribution < 1.29 is 0 Å². The van der Waals surface area contributed by atoms with E-state index in [4.69, 9.17) is 4.99 Å². The SMILES string of the molecule is CCCCN=C(C)c1ccccc1C1C=CC(N(C)C)=C1. The highest BCUT2D eigenvalue weighted by Crippen LogP contribution is 2.30. The van der Waals surface area contributed by atoms with E-state index in [0.717, 1.165) is 18.7 Å². The predicted octanol–water partition coefficient (Wildman–Crippen LogP) is 4.39. The molecule has 2 heteroatoms. The van der Waals surface area contributed by atoms with Gasteiger partial charge in [0.2, 0.25) is 0 Å². The molecule has 0 amide bonds. The van der Waals surface area contributed by atoms with Crippen LogP contribution in [0.1, 0.15) is 43.7 Å². The van der Waals surface area contributed by atoms with Gasteiger partial charge in [-0.2, -0.15) is 0 Å². The Hall–Kier alpha value is -1.83. The van der Waals surface area contributed by atoms with Crippen LogP contribution >= 0.6 is 0 Å². The maximum atomic E-state index is 4.73. The smallest absolute Gasteiger partial charge is 0.0392 e. The van der Waals surface area contributed by atoms with Crippen LogP contribution in [0.4, 0.5) is 0 Å². The lowest BCUT2D eigenvalue weighted by molar-refractivity contribution is 0.530. The van der Waals surface area contributed by atoms with Gasteiger partial charge in [0.25, 0.3) is 0 Å². The lowest BCUT2D eigenvalue weighted by Crippen LogP contribution is -2.08. The number of nitrogens with zero attached hydrogens (tertiary/aromatic N) is 2. The zero-order valence-corrected chi connectivity index (χ0v) is 13.6. The Morgan fingerprint density at radius 1 is 1.24 bits per heavy atom. The van der Waals surface area contributed by atoms with Crippen LogP contribution in [0.2, 0.25) is 0 Å². The first kappa shape index (κ1) is 15.6. The molecule has 0 saturated heterocycles. The molecule has 0 fully saturated rings. The Balaban J connectivity index is 2.26. The minimum absolute atomic E-state index is 0.356. The average Bonchev–Trinajstić information content (AvgIpc) is 2.97. The summed E-state index contributed by atoms with van der Waals surface area (Å²) in [6.45, 7) is 5.26. The molecule has 0 aromatic heterocycles. The van der Waals surface area contributed by atoms with Gasteiger partial charge in [0.05, 0.1) is 0 Å². The quantitative estimate of drug-likeness (QED) is 0.558. The number of benzene rings is 1. The zero-order chi connectivity index (χ0) is 15.2. The minimum Gasteiger partial charge on any atom is -0.378 e. The molecule has 1 aliphatic rings. The van der Waals surface area contributed by atoms with Crippen molar-refractivity contribution in [1.82, 2.24) is 4.90 Å². The highest BCUT2D eigenvalue weighted by molar-refractivity contribution is 6.00. The number of allylic oxidation sites excluding steroid dienone is 3. The first-order chi connectivity index (χ1) is 10.1. The lowest BCUT2D eigenvalue weighted by Gasteiger charge is -2.14. The second-order valence-corrected chi connectivity index (χ2v) is 5.78. The molecule has 1 aromatic carbocycles. The van der Waals surface area contributed by atoms with Crippen molar-refractivity contribution in [3.8, 4) is 0 Å².